The molecule has 516 valence electrons. The highest BCUT2D eigenvalue weighted by Crippen LogP contribution is 2.43. The Morgan fingerprint density at radius 3 is 1.06 bits per heavy atom. The zero-order valence-corrected chi connectivity index (χ0v) is 60.1. The van der Waals surface area contributed by atoms with E-state index in [0.29, 0.717) is 17.4 Å². The van der Waals surface area contributed by atoms with E-state index in [1.807, 2.05) is 33.3 Å². The molecule has 1 amide bonds. The molecule has 9 nitrogen and oxygen atoms in total. The number of unbranched alkanes of at least 4 members (excludes halogenated alkanes) is 46. The number of carbonyl (C=O) groups is 2. The van der Waals surface area contributed by atoms with Gasteiger partial charge in [-0.1, -0.05) is 345 Å². The van der Waals surface area contributed by atoms with E-state index in [1.54, 1.807) is 0 Å². The van der Waals surface area contributed by atoms with Gasteiger partial charge in [0.25, 0.3) is 0 Å². The normalized spacial score (nSPS) is 13.8. The number of amides is 1. The number of allylic oxidation sites excluding steroid dienone is 9. The maximum absolute atomic E-state index is 13.6. The molecule has 0 fully saturated rings. The maximum Gasteiger partial charge on any atom is 0.472 e. The Bertz CT molecular complexity index is 1690. The molecule has 10 heteroatoms. The first kappa shape index (κ1) is 85.7. The van der Waals surface area contributed by atoms with Crippen LogP contribution in [-0.4, -0.2) is 74.3 Å². The third-order valence-electron chi connectivity index (χ3n) is 17.2. The van der Waals surface area contributed by atoms with E-state index in [-0.39, 0.29) is 31.5 Å². The van der Waals surface area contributed by atoms with E-state index >= 15 is 0 Å². The summed E-state index contributed by atoms with van der Waals surface area (Å²) in [6.07, 6.45) is 88.2. The Morgan fingerprint density at radius 2 is 0.693 bits per heavy atom. The Labute approximate surface area is 547 Å². The average molecular weight is 1260 g/mol. The SMILES string of the molecule is CCCCC/C=C\C/C=C\C/C=C\C/C=C\CCCCCCCCCCCC(=O)OC(/C=C/CCCCCCCCCCCC)C(COP(=O)(O)OCC[N+](C)(C)C)NC(=O)CCCCCCCCCCCCCCCCCCCCCCCCCCC. The quantitative estimate of drug-likeness (QED) is 0.0205. The molecular formula is C78H148N2O7P+. The van der Waals surface area contributed by atoms with Crippen LogP contribution in [0.25, 0.3) is 0 Å². The van der Waals surface area contributed by atoms with Crippen molar-refractivity contribution >= 4 is 19.7 Å². The highest BCUT2D eigenvalue weighted by Gasteiger charge is 2.30. The standard InChI is InChI=1S/C78H147N2O7P/c1-7-10-13-16-19-22-25-28-30-32-34-36-38-40-42-44-46-48-50-52-55-58-61-64-67-70-77(81)79-75(74-86-88(83,84)85-73-72-80(4,5)6)76(69-66-63-60-57-54-27-24-21-18-15-12-9-3)87-78(82)71-68-65-62-59-56-53-51-49-47-45-43-41-39-37-35-33-31-29-26-23-20-17-14-11-8-2/h20,23,29,31,35,37,41,43,66,69,75-76H,7-19,21-22,24-28,30,32-34,36,38-40,42,44-65,67-68,70-74H2,1-6H3,(H-,79,81,83,84)/p+1/b23-20-,31-29-,37-35-,43-41-,69-66+. The van der Waals surface area contributed by atoms with Gasteiger partial charge in [-0.2, -0.15) is 0 Å². The van der Waals surface area contributed by atoms with Gasteiger partial charge in [0.15, 0.2) is 0 Å². The van der Waals surface area contributed by atoms with Crippen LogP contribution in [0.15, 0.2) is 60.8 Å². The van der Waals surface area contributed by atoms with Gasteiger partial charge in [-0.25, -0.2) is 4.57 Å². The number of phosphoric acid groups is 1. The van der Waals surface area contributed by atoms with Gasteiger partial charge in [0.05, 0.1) is 33.8 Å². The van der Waals surface area contributed by atoms with Crippen molar-refractivity contribution in [3.05, 3.63) is 60.8 Å². The summed E-state index contributed by atoms with van der Waals surface area (Å²) >= 11 is 0. The molecule has 0 saturated heterocycles. The Kier molecular flexibility index (Phi) is 65.8. The first-order valence-corrected chi connectivity index (χ1v) is 39.6. The number of nitrogens with one attached hydrogen (secondary N) is 1. The predicted molar refractivity (Wildman–Crippen MR) is 383 cm³/mol. The van der Waals surface area contributed by atoms with Crippen molar-refractivity contribution in [2.75, 3.05) is 40.9 Å². The molecule has 0 saturated carbocycles. The fourth-order valence-electron chi connectivity index (χ4n) is 11.3. The van der Waals surface area contributed by atoms with Crippen molar-refractivity contribution in [3.63, 3.8) is 0 Å². The number of carbonyl (C=O) groups excluding carboxylic acids is 2. The van der Waals surface area contributed by atoms with Crippen LogP contribution in [0.3, 0.4) is 0 Å². The number of esters is 1. The summed E-state index contributed by atoms with van der Waals surface area (Å²) in [7, 11) is 1.51. The van der Waals surface area contributed by atoms with Crippen LogP contribution < -0.4 is 5.32 Å². The van der Waals surface area contributed by atoms with Gasteiger partial charge in [0.1, 0.15) is 19.3 Å². The van der Waals surface area contributed by atoms with Crippen LogP contribution >= 0.6 is 7.82 Å². The van der Waals surface area contributed by atoms with Crippen LogP contribution in [0, 0.1) is 0 Å². The van der Waals surface area contributed by atoms with Gasteiger partial charge in [-0.05, 0) is 76.7 Å². The van der Waals surface area contributed by atoms with E-state index in [1.165, 1.54) is 257 Å². The van der Waals surface area contributed by atoms with Crippen molar-refractivity contribution < 1.29 is 37.3 Å². The van der Waals surface area contributed by atoms with Crippen LogP contribution in [0.2, 0.25) is 0 Å². The monoisotopic (exact) mass is 1260 g/mol. The lowest BCUT2D eigenvalue weighted by atomic mass is 10.0. The molecule has 0 aromatic heterocycles. The van der Waals surface area contributed by atoms with E-state index in [2.05, 4.69) is 74.7 Å². The third-order valence-corrected chi connectivity index (χ3v) is 18.2. The highest BCUT2D eigenvalue weighted by molar-refractivity contribution is 7.47. The van der Waals surface area contributed by atoms with Crippen molar-refractivity contribution in [2.24, 2.45) is 0 Å². The second-order valence-corrected chi connectivity index (χ2v) is 28.6. The van der Waals surface area contributed by atoms with Gasteiger partial charge < -0.3 is 19.4 Å². The van der Waals surface area contributed by atoms with E-state index in [0.717, 1.165) is 83.5 Å². The highest BCUT2D eigenvalue weighted by atomic mass is 31.2. The molecule has 3 unspecified atom stereocenters. The lowest BCUT2D eigenvalue weighted by molar-refractivity contribution is -0.870. The zero-order valence-electron chi connectivity index (χ0n) is 59.2. The fourth-order valence-corrected chi connectivity index (χ4v) is 12.1. The second-order valence-electron chi connectivity index (χ2n) is 27.2. The predicted octanol–water partition coefficient (Wildman–Crippen LogP) is 24.5. The third kappa shape index (κ3) is 68.1. The molecule has 0 aliphatic heterocycles. The average Bonchev–Trinajstić information content (AvgIpc) is 3.52. The largest absolute Gasteiger partial charge is 0.472 e. The van der Waals surface area contributed by atoms with Gasteiger partial charge in [0, 0.05) is 12.8 Å². The molecule has 0 radical (unpaired) electrons. The van der Waals surface area contributed by atoms with Crippen molar-refractivity contribution in [1.29, 1.82) is 0 Å². The van der Waals surface area contributed by atoms with Crippen molar-refractivity contribution in [1.82, 2.24) is 5.32 Å². The molecular weight excluding hydrogens is 1110 g/mol. The number of ether oxygens (including phenoxy) is 1. The maximum atomic E-state index is 13.6. The number of hydrogen-bond donors (Lipinski definition) is 2. The van der Waals surface area contributed by atoms with Crippen LogP contribution in [0.4, 0.5) is 0 Å². The molecule has 2 N–H and O–H groups in total. The first-order valence-electron chi connectivity index (χ1n) is 38.1. The molecule has 0 spiro atoms. The van der Waals surface area contributed by atoms with Crippen molar-refractivity contribution in [3.8, 4) is 0 Å². The number of nitrogens with zero attached hydrogens (tertiary/aromatic N) is 1. The summed E-state index contributed by atoms with van der Waals surface area (Å²) < 4.78 is 30.9. The number of quaternary nitrogens is 1. The molecule has 0 aromatic carbocycles. The number of rotatable bonds is 70. The molecule has 88 heavy (non-hydrogen) atoms. The minimum Gasteiger partial charge on any atom is -0.456 e. The summed E-state index contributed by atoms with van der Waals surface area (Å²) in [5.74, 6) is -0.495. The molecule has 0 rings (SSSR count). The lowest BCUT2D eigenvalue weighted by Gasteiger charge is -2.27. The van der Waals surface area contributed by atoms with Crippen molar-refractivity contribution in [2.45, 2.75) is 386 Å². The van der Waals surface area contributed by atoms with Crippen LogP contribution in [-0.2, 0) is 27.9 Å². The van der Waals surface area contributed by atoms with Gasteiger partial charge in [-0.15, -0.1) is 0 Å². The van der Waals surface area contributed by atoms with E-state index in [9.17, 15) is 19.0 Å². The van der Waals surface area contributed by atoms with E-state index in [4.69, 9.17) is 13.8 Å². The summed E-state index contributed by atoms with van der Waals surface area (Å²) in [6.45, 7) is 7.04. The second kappa shape index (κ2) is 67.6. The number of phosphoric ester groups is 1. The van der Waals surface area contributed by atoms with Gasteiger partial charge >= 0.3 is 13.8 Å². The molecule has 0 heterocycles. The fraction of sp³-hybridized carbons (Fsp3) is 0.846. The minimum atomic E-state index is -4.46. The lowest BCUT2D eigenvalue weighted by Crippen LogP contribution is -2.47. The van der Waals surface area contributed by atoms with Gasteiger partial charge in [0.2, 0.25) is 5.91 Å². The van der Waals surface area contributed by atoms with Crippen LogP contribution in [0.5, 0.6) is 0 Å². The number of likely N-dealkylation sites (N-methyl/N-ethyl adjacent to an activating group) is 1. The number of hydrogen-bond acceptors (Lipinski definition) is 6. The molecule has 0 bridgehead atoms. The zero-order chi connectivity index (χ0) is 64.2. The first-order chi connectivity index (χ1) is 42.9. The Hall–Kier alpha value is -2.29. The van der Waals surface area contributed by atoms with Gasteiger partial charge in [-0.3, -0.25) is 18.6 Å². The summed E-state index contributed by atoms with van der Waals surface area (Å²) in [4.78, 5) is 38.0. The summed E-state index contributed by atoms with van der Waals surface area (Å²) in [6, 6.07) is -0.851. The smallest absolute Gasteiger partial charge is 0.456 e. The van der Waals surface area contributed by atoms with E-state index < -0.39 is 20.0 Å². The molecule has 0 aliphatic rings. The topological polar surface area (TPSA) is 111 Å². The summed E-state index contributed by atoms with van der Waals surface area (Å²) in [5, 5.41) is 3.08. The minimum absolute atomic E-state index is 0.0401. The Morgan fingerprint density at radius 1 is 0.398 bits per heavy atom. The molecule has 3 atom stereocenters. The molecule has 0 aliphatic carbocycles. The van der Waals surface area contributed by atoms with Crippen LogP contribution in [0.1, 0.15) is 374 Å². The Balaban J connectivity index is 4.98. The summed E-state index contributed by atoms with van der Waals surface area (Å²) in [5.41, 5.74) is 0. The molecule has 0 aromatic rings.